The van der Waals surface area contributed by atoms with E-state index < -0.39 is 11.1 Å². The molecule has 0 saturated carbocycles. The average molecular weight is 526 g/mol. The van der Waals surface area contributed by atoms with Crippen LogP contribution in [-0.4, -0.2) is 33.6 Å². The highest BCUT2D eigenvalue weighted by Crippen LogP contribution is 2.36. The molecule has 3 N–H and O–H groups in total. The molecule has 1 saturated heterocycles. The molecule has 9 nitrogen and oxygen atoms in total. The van der Waals surface area contributed by atoms with Gasteiger partial charge in [0.15, 0.2) is 5.71 Å². The number of aryl methyl sites for hydroxylation is 2. The third kappa shape index (κ3) is 4.81. The fraction of sp³-hybridized carbons (Fsp3) is 0.107. The summed E-state index contributed by atoms with van der Waals surface area (Å²) in [6.45, 7) is 5.67. The lowest BCUT2D eigenvalue weighted by Crippen LogP contribution is -2.28. The Balaban J connectivity index is 1.39. The molecule has 190 valence electrons. The van der Waals surface area contributed by atoms with E-state index in [1.54, 1.807) is 49.4 Å². The summed E-state index contributed by atoms with van der Waals surface area (Å²) in [5.41, 5.74) is 8.44. The van der Waals surface area contributed by atoms with Crippen LogP contribution in [0.1, 0.15) is 23.6 Å². The van der Waals surface area contributed by atoms with E-state index in [1.807, 2.05) is 38.1 Å². The maximum atomic E-state index is 13.1. The first-order valence-electron chi connectivity index (χ1n) is 11.7. The molecular weight excluding hydrogens is 502 g/mol. The van der Waals surface area contributed by atoms with E-state index in [0.717, 1.165) is 22.9 Å². The van der Waals surface area contributed by atoms with Gasteiger partial charge in [-0.15, -0.1) is 0 Å². The van der Waals surface area contributed by atoms with Gasteiger partial charge in [0.2, 0.25) is 0 Å². The van der Waals surface area contributed by atoms with Gasteiger partial charge in [0.25, 0.3) is 11.1 Å². The summed E-state index contributed by atoms with van der Waals surface area (Å²) >= 11 is 0.841. The molecule has 38 heavy (non-hydrogen) atoms. The molecule has 1 fully saturated rings. The van der Waals surface area contributed by atoms with Gasteiger partial charge in [-0.05, 0) is 85.1 Å². The van der Waals surface area contributed by atoms with Crippen LogP contribution in [0.4, 0.5) is 16.2 Å². The minimum Gasteiger partial charge on any atom is -0.505 e. The topological polar surface area (TPSA) is 123 Å². The third-order valence-corrected chi connectivity index (χ3v) is 6.99. The largest absolute Gasteiger partial charge is 0.505 e. The van der Waals surface area contributed by atoms with Crippen LogP contribution in [0.3, 0.4) is 0 Å². The molecule has 0 spiro atoms. The van der Waals surface area contributed by atoms with Crippen molar-refractivity contribution in [2.75, 3.05) is 10.4 Å². The van der Waals surface area contributed by atoms with E-state index in [2.05, 4.69) is 20.9 Å². The van der Waals surface area contributed by atoms with Gasteiger partial charge in [-0.3, -0.25) is 25.1 Å². The second-order valence-corrected chi connectivity index (χ2v) is 9.84. The average Bonchev–Trinajstić information content (AvgIpc) is 3.36. The molecular formula is C28H23N5O4S. The second kappa shape index (κ2) is 9.98. The van der Waals surface area contributed by atoms with Crippen molar-refractivity contribution in [1.29, 1.82) is 0 Å². The summed E-state index contributed by atoms with van der Waals surface area (Å²) in [5.74, 6) is -0.868. The lowest BCUT2D eigenvalue weighted by atomic mass is 10.0. The van der Waals surface area contributed by atoms with Crippen molar-refractivity contribution in [2.45, 2.75) is 20.8 Å². The molecule has 10 heteroatoms. The SMILES string of the molecule is CC1=NN(c2ccc(C)c(C)c2)C(=O)C1=NNc1cccc(-c2cccc(C=C3SC(=O)NC3=O)c2)c1O. The van der Waals surface area contributed by atoms with Crippen LogP contribution in [0.15, 0.2) is 75.8 Å². The molecule has 0 atom stereocenters. The number of nitrogens with one attached hydrogen (secondary N) is 2. The number of hydrogen-bond donors (Lipinski definition) is 3. The smallest absolute Gasteiger partial charge is 0.301 e. The van der Waals surface area contributed by atoms with Crippen LogP contribution >= 0.6 is 11.8 Å². The van der Waals surface area contributed by atoms with Crippen LogP contribution in [0.25, 0.3) is 17.2 Å². The molecule has 3 aromatic carbocycles. The first-order valence-corrected chi connectivity index (χ1v) is 12.5. The standard InChI is InChI=1S/C28H23N5O4S/c1-15-10-11-20(12-16(15)2)33-27(36)24(17(3)32-33)31-30-22-9-5-8-21(25(22)34)19-7-4-6-18(13-19)14-23-26(35)29-28(37)38-23/h4-14,30,34H,1-3H3,(H,29,35,37). The highest BCUT2D eigenvalue weighted by atomic mass is 32.2. The predicted molar refractivity (Wildman–Crippen MR) is 150 cm³/mol. The maximum absolute atomic E-state index is 13.1. The molecule has 3 amide bonds. The van der Waals surface area contributed by atoms with Crippen molar-refractivity contribution < 1.29 is 19.5 Å². The van der Waals surface area contributed by atoms with E-state index in [4.69, 9.17) is 0 Å². The predicted octanol–water partition coefficient (Wildman–Crippen LogP) is 5.19. The van der Waals surface area contributed by atoms with Gasteiger partial charge in [-0.25, -0.2) is 0 Å². The number of phenols is 1. The zero-order valence-corrected chi connectivity index (χ0v) is 21.6. The molecule has 3 aromatic rings. The Kier molecular flexibility index (Phi) is 6.56. The maximum Gasteiger partial charge on any atom is 0.301 e. The Hall–Kier alpha value is -4.70. The first kappa shape index (κ1) is 25.0. The highest BCUT2D eigenvalue weighted by molar-refractivity contribution is 8.18. The van der Waals surface area contributed by atoms with Crippen LogP contribution in [-0.2, 0) is 9.59 Å². The number of thioether (sulfide) groups is 1. The number of nitrogens with zero attached hydrogens (tertiary/aromatic N) is 3. The molecule has 0 aliphatic carbocycles. The third-order valence-electron chi connectivity index (χ3n) is 6.18. The Bertz CT molecular complexity index is 1610. The minimum atomic E-state index is -0.435. The van der Waals surface area contributed by atoms with Gasteiger partial charge in [0.05, 0.1) is 22.0 Å². The zero-order valence-electron chi connectivity index (χ0n) is 20.8. The number of imide groups is 1. The molecule has 2 aliphatic rings. The summed E-state index contributed by atoms with van der Waals surface area (Å²) in [5, 5.41) is 22.8. The van der Waals surface area contributed by atoms with Crippen molar-refractivity contribution in [3.8, 4) is 16.9 Å². The van der Waals surface area contributed by atoms with E-state index in [9.17, 15) is 19.5 Å². The highest BCUT2D eigenvalue weighted by Gasteiger charge is 2.31. The Labute approximate surface area is 222 Å². The van der Waals surface area contributed by atoms with E-state index in [1.165, 1.54) is 5.01 Å². The van der Waals surface area contributed by atoms with Crippen LogP contribution in [0.2, 0.25) is 0 Å². The number of benzene rings is 3. The summed E-state index contributed by atoms with van der Waals surface area (Å²) in [7, 11) is 0. The van der Waals surface area contributed by atoms with Gasteiger partial charge < -0.3 is 5.11 Å². The van der Waals surface area contributed by atoms with Crippen molar-refractivity contribution in [3.05, 3.63) is 82.3 Å². The number of amides is 3. The normalized spacial score (nSPS) is 17.4. The molecule has 2 aliphatic heterocycles. The lowest BCUT2D eigenvalue weighted by molar-refractivity contribution is -0.115. The number of carbonyl (C=O) groups excluding carboxylic acids is 3. The Morgan fingerprint density at radius 1 is 1.00 bits per heavy atom. The first-order chi connectivity index (χ1) is 18.2. The quantitative estimate of drug-likeness (QED) is 0.239. The van der Waals surface area contributed by atoms with Gasteiger partial charge >= 0.3 is 5.91 Å². The van der Waals surface area contributed by atoms with Crippen LogP contribution in [0.5, 0.6) is 5.75 Å². The summed E-state index contributed by atoms with van der Waals surface area (Å²) in [6, 6.07) is 18.0. The number of hydrogen-bond acceptors (Lipinski definition) is 8. The number of aromatic hydroxyl groups is 1. The summed E-state index contributed by atoms with van der Waals surface area (Å²) < 4.78 is 0. The number of carbonyl (C=O) groups is 3. The Morgan fingerprint density at radius 2 is 1.79 bits per heavy atom. The fourth-order valence-electron chi connectivity index (χ4n) is 4.01. The van der Waals surface area contributed by atoms with Crippen molar-refractivity contribution in [3.63, 3.8) is 0 Å². The Morgan fingerprint density at radius 3 is 2.53 bits per heavy atom. The molecule has 0 aromatic heterocycles. The lowest BCUT2D eigenvalue weighted by Gasteiger charge is -2.13. The summed E-state index contributed by atoms with van der Waals surface area (Å²) in [4.78, 5) is 36.7. The zero-order chi connectivity index (χ0) is 27.0. The molecule has 0 unspecified atom stereocenters. The van der Waals surface area contributed by atoms with Crippen LogP contribution in [0, 0.1) is 13.8 Å². The number of para-hydroxylation sites is 1. The molecule has 5 rings (SSSR count). The van der Waals surface area contributed by atoms with Crippen molar-refractivity contribution >= 4 is 57.7 Å². The molecule has 2 heterocycles. The van der Waals surface area contributed by atoms with E-state index in [-0.39, 0.29) is 17.4 Å². The monoisotopic (exact) mass is 525 g/mol. The summed E-state index contributed by atoms with van der Waals surface area (Å²) in [6.07, 6.45) is 1.62. The fourth-order valence-corrected chi connectivity index (χ4v) is 4.69. The van der Waals surface area contributed by atoms with Crippen LogP contribution < -0.4 is 15.8 Å². The molecule has 0 radical (unpaired) electrons. The van der Waals surface area contributed by atoms with Gasteiger partial charge in [0.1, 0.15) is 5.75 Å². The minimum absolute atomic E-state index is 0.0594. The number of anilines is 2. The van der Waals surface area contributed by atoms with Gasteiger partial charge in [-0.1, -0.05) is 36.4 Å². The second-order valence-electron chi connectivity index (χ2n) is 8.82. The number of rotatable bonds is 5. The van der Waals surface area contributed by atoms with Gasteiger partial charge in [0, 0.05) is 5.56 Å². The van der Waals surface area contributed by atoms with E-state index >= 15 is 0 Å². The molecule has 0 bridgehead atoms. The van der Waals surface area contributed by atoms with E-state index in [0.29, 0.717) is 38.7 Å². The van der Waals surface area contributed by atoms with Crippen molar-refractivity contribution in [2.24, 2.45) is 10.2 Å². The number of hydrazone groups is 2. The number of phenolic OH excluding ortho intramolecular Hbond substituents is 1. The van der Waals surface area contributed by atoms with Gasteiger partial charge in [-0.2, -0.15) is 15.2 Å². The van der Waals surface area contributed by atoms with Crippen molar-refractivity contribution in [1.82, 2.24) is 5.32 Å².